The summed E-state index contributed by atoms with van der Waals surface area (Å²) >= 11 is 0. The average molecular weight is 539 g/mol. The summed E-state index contributed by atoms with van der Waals surface area (Å²) in [6, 6.07) is 1.18. The summed E-state index contributed by atoms with van der Waals surface area (Å²) in [6.07, 6.45) is 18.8. The summed E-state index contributed by atoms with van der Waals surface area (Å²) in [4.78, 5) is 31.2. The van der Waals surface area contributed by atoms with E-state index in [1.807, 2.05) is 0 Å². The molecule has 38 heavy (non-hydrogen) atoms. The zero-order chi connectivity index (χ0) is 27.5. The van der Waals surface area contributed by atoms with E-state index in [4.69, 9.17) is 14.2 Å². The van der Waals surface area contributed by atoms with Gasteiger partial charge in [0.25, 0.3) is 5.56 Å². The van der Waals surface area contributed by atoms with Crippen molar-refractivity contribution in [3.63, 3.8) is 0 Å². The molecule has 0 atom stereocenters. The van der Waals surface area contributed by atoms with Crippen LogP contribution in [0.4, 0.5) is 10.7 Å². The molecule has 0 bridgehead atoms. The molecule has 0 saturated carbocycles. The molecule has 0 spiro atoms. The van der Waals surface area contributed by atoms with E-state index in [0.717, 1.165) is 57.2 Å². The van der Waals surface area contributed by atoms with Gasteiger partial charge in [0, 0.05) is 32.0 Å². The van der Waals surface area contributed by atoms with Crippen LogP contribution in [0.2, 0.25) is 0 Å². The van der Waals surface area contributed by atoms with Crippen molar-refractivity contribution in [2.24, 2.45) is 0 Å². The van der Waals surface area contributed by atoms with Crippen LogP contribution in [-0.2, 0) is 20.6 Å². The van der Waals surface area contributed by atoms with Crippen LogP contribution in [0.15, 0.2) is 10.9 Å². The Hall–Kier alpha value is -1.97. The van der Waals surface area contributed by atoms with Gasteiger partial charge in [-0.05, 0) is 25.7 Å². The van der Waals surface area contributed by atoms with Crippen LogP contribution < -0.4 is 16.2 Å². The van der Waals surface area contributed by atoms with Gasteiger partial charge in [0.2, 0.25) is 5.95 Å². The molecule has 0 saturated heterocycles. The van der Waals surface area contributed by atoms with Crippen LogP contribution in [-0.4, -0.2) is 62.7 Å². The maximum Gasteiger partial charge on any atom is 0.321 e. The molecular formula is C29H54N4O5. The summed E-state index contributed by atoms with van der Waals surface area (Å²) in [5, 5.41) is 5.48. The second-order valence-corrected chi connectivity index (χ2v) is 9.88. The highest BCUT2D eigenvalue weighted by molar-refractivity contribution is 5.87. The summed E-state index contributed by atoms with van der Waals surface area (Å²) in [5.74, 6) is 0.205. The van der Waals surface area contributed by atoms with Crippen molar-refractivity contribution in [1.29, 1.82) is 0 Å². The number of hydrogen-bond donors (Lipinski definition) is 3. The number of methoxy groups -OCH3 is 1. The number of nitrogens with one attached hydrogen (secondary N) is 3. The van der Waals surface area contributed by atoms with Gasteiger partial charge in [-0.3, -0.25) is 15.1 Å². The van der Waals surface area contributed by atoms with Gasteiger partial charge in [-0.15, -0.1) is 0 Å². The molecule has 3 N–H and O–H groups in total. The van der Waals surface area contributed by atoms with E-state index in [1.54, 1.807) is 7.11 Å². The minimum absolute atomic E-state index is 0.205. The van der Waals surface area contributed by atoms with Gasteiger partial charge in [-0.1, -0.05) is 84.0 Å². The van der Waals surface area contributed by atoms with E-state index < -0.39 is 0 Å². The first-order valence-corrected chi connectivity index (χ1v) is 14.9. The highest BCUT2D eigenvalue weighted by Gasteiger charge is 2.06. The lowest BCUT2D eigenvalue weighted by Crippen LogP contribution is -2.31. The molecular weight excluding hydrogens is 484 g/mol. The number of rotatable bonds is 26. The number of anilines is 1. The van der Waals surface area contributed by atoms with Gasteiger partial charge in [-0.25, -0.2) is 9.78 Å². The number of unbranched alkanes of at least 4 members (excludes halogenated alkanes) is 13. The molecule has 220 valence electrons. The number of H-pyrrole nitrogens is 1. The predicted octanol–water partition coefficient (Wildman–Crippen LogP) is 5.98. The SMILES string of the molecule is CCCCCCCCCCCCCc1cc(=O)[nH]c(NC(=O)NCCCCCCOCCOCCOC)n1. The van der Waals surface area contributed by atoms with Crippen LogP contribution in [0.25, 0.3) is 0 Å². The Morgan fingerprint density at radius 2 is 1.37 bits per heavy atom. The Balaban J connectivity index is 2.05. The lowest BCUT2D eigenvalue weighted by atomic mass is 10.0. The summed E-state index contributed by atoms with van der Waals surface area (Å²) in [6.45, 7) is 5.93. The first kappa shape index (κ1) is 34.1. The molecule has 1 rings (SSSR count). The Bertz CT molecular complexity index is 744. The number of carbonyl (C=O) groups excluding carboxylic acids is 1. The van der Waals surface area contributed by atoms with Crippen molar-refractivity contribution in [2.75, 3.05) is 52.0 Å². The number of ether oxygens (including phenoxy) is 3. The summed E-state index contributed by atoms with van der Waals surface area (Å²) < 4.78 is 15.8. The highest BCUT2D eigenvalue weighted by Crippen LogP contribution is 2.12. The molecule has 0 aliphatic heterocycles. The van der Waals surface area contributed by atoms with Gasteiger partial charge in [0.1, 0.15) is 0 Å². The fourth-order valence-corrected chi connectivity index (χ4v) is 4.17. The monoisotopic (exact) mass is 538 g/mol. The normalized spacial score (nSPS) is 11.1. The zero-order valence-corrected chi connectivity index (χ0v) is 24.1. The van der Waals surface area contributed by atoms with Gasteiger partial charge < -0.3 is 19.5 Å². The highest BCUT2D eigenvalue weighted by atomic mass is 16.5. The number of hydrogen-bond acceptors (Lipinski definition) is 6. The minimum Gasteiger partial charge on any atom is -0.382 e. The van der Waals surface area contributed by atoms with E-state index in [0.29, 0.717) is 33.0 Å². The average Bonchev–Trinajstić information content (AvgIpc) is 2.89. The van der Waals surface area contributed by atoms with E-state index in [9.17, 15) is 9.59 Å². The van der Waals surface area contributed by atoms with Crippen molar-refractivity contribution < 1.29 is 19.0 Å². The molecule has 1 aromatic heterocycles. The minimum atomic E-state index is -0.350. The molecule has 0 unspecified atom stereocenters. The third kappa shape index (κ3) is 21.0. The van der Waals surface area contributed by atoms with Crippen molar-refractivity contribution in [1.82, 2.24) is 15.3 Å². The van der Waals surface area contributed by atoms with Crippen molar-refractivity contribution in [3.8, 4) is 0 Å². The quantitative estimate of drug-likeness (QED) is 0.125. The van der Waals surface area contributed by atoms with Gasteiger partial charge in [-0.2, -0.15) is 0 Å². The summed E-state index contributed by atoms with van der Waals surface area (Å²) in [7, 11) is 1.65. The van der Waals surface area contributed by atoms with Crippen molar-refractivity contribution >= 4 is 12.0 Å². The van der Waals surface area contributed by atoms with Crippen LogP contribution in [0.1, 0.15) is 109 Å². The smallest absolute Gasteiger partial charge is 0.321 e. The number of amides is 2. The molecule has 0 aliphatic rings. The predicted molar refractivity (Wildman–Crippen MR) is 154 cm³/mol. The van der Waals surface area contributed by atoms with E-state index >= 15 is 0 Å². The molecule has 1 heterocycles. The number of aryl methyl sites for hydroxylation is 1. The van der Waals surface area contributed by atoms with Crippen molar-refractivity contribution in [2.45, 2.75) is 110 Å². The Morgan fingerprint density at radius 1 is 0.789 bits per heavy atom. The number of carbonyl (C=O) groups is 1. The molecule has 1 aromatic rings. The Morgan fingerprint density at radius 3 is 2.05 bits per heavy atom. The number of aromatic amines is 1. The Kier molecular flexibility index (Phi) is 22.7. The number of nitrogens with zero attached hydrogens (tertiary/aromatic N) is 1. The van der Waals surface area contributed by atoms with Crippen LogP contribution >= 0.6 is 0 Å². The topological polar surface area (TPSA) is 115 Å². The Labute approximate surface area is 230 Å². The number of urea groups is 1. The standard InChI is InChI=1S/C29H54N4O5/c1-3-4-5-6-7-8-9-10-11-12-15-18-26-25-27(34)32-28(31-26)33-29(35)30-19-16-13-14-17-20-37-23-24-38-22-21-36-2/h25H,3-24H2,1-2H3,(H3,30,31,32,33,34,35). The summed E-state index contributed by atoms with van der Waals surface area (Å²) in [5.41, 5.74) is 0.487. The fourth-order valence-electron chi connectivity index (χ4n) is 4.17. The molecule has 0 radical (unpaired) electrons. The molecule has 0 aromatic carbocycles. The maximum atomic E-state index is 12.2. The van der Waals surface area contributed by atoms with Gasteiger partial charge >= 0.3 is 6.03 Å². The lowest BCUT2D eigenvalue weighted by molar-refractivity contribution is 0.0239. The first-order valence-electron chi connectivity index (χ1n) is 14.9. The van der Waals surface area contributed by atoms with Gasteiger partial charge in [0.15, 0.2) is 0 Å². The molecule has 0 fully saturated rings. The largest absolute Gasteiger partial charge is 0.382 e. The number of aromatic nitrogens is 2. The third-order valence-electron chi connectivity index (χ3n) is 6.37. The lowest BCUT2D eigenvalue weighted by Gasteiger charge is -2.08. The molecule has 2 amide bonds. The second-order valence-electron chi connectivity index (χ2n) is 9.88. The van der Waals surface area contributed by atoms with E-state index in [-0.39, 0.29) is 17.5 Å². The fraction of sp³-hybridized carbons (Fsp3) is 0.828. The first-order chi connectivity index (χ1) is 18.7. The van der Waals surface area contributed by atoms with Crippen LogP contribution in [0, 0.1) is 0 Å². The van der Waals surface area contributed by atoms with E-state index in [2.05, 4.69) is 27.5 Å². The van der Waals surface area contributed by atoms with Crippen LogP contribution in [0.3, 0.4) is 0 Å². The van der Waals surface area contributed by atoms with Crippen molar-refractivity contribution in [3.05, 3.63) is 22.1 Å². The molecule has 9 heteroatoms. The zero-order valence-electron chi connectivity index (χ0n) is 24.1. The van der Waals surface area contributed by atoms with Gasteiger partial charge in [0.05, 0.1) is 26.4 Å². The van der Waals surface area contributed by atoms with E-state index in [1.165, 1.54) is 63.9 Å². The molecule has 0 aliphatic carbocycles. The second kappa shape index (κ2) is 25.3. The maximum absolute atomic E-state index is 12.2. The van der Waals surface area contributed by atoms with Crippen LogP contribution in [0.5, 0.6) is 0 Å². The molecule has 9 nitrogen and oxygen atoms in total. The third-order valence-corrected chi connectivity index (χ3v) is 6.37.